The van der Waals surface area contributed by atoms with Crippen LogP contribution in [0.4, 0.5) is 10.8 Å². The monoisotopic (exact) mass is 314 g/mol. The van der Waals surface area contributed by atoms with Crippen LogP contribution in [0.3, 0.4) is 0 Å². The van der Waals surface area contributed by atoms with E-state index in [2.05, 4.69) is 35.5 Å². The van der Waals surface area contributed by atoms with Crippen molar-refractivity contribution in [2.24, 2.45) is 0 Å². The number of aromatic nitrogens is 1. The summed E-state index contributed by atoms with van der Waals surface area (Å²) in [4.78, 5) is 14.1. The molecule has 0 spiro atoms. The number of carbonyl (C=O) groups is 1. The number of unbranched alkanes of at least 4 members (excludes halogenated alkanes) is 1. The molecule has 1 heterocycles. The molecule has 0 saturated heterocycles. The van der Waals surface area contributed by atoms with E-state index < -0.39 is 5.97 Å². The molecule has 0 unspecified atom stereocenters. The molecule has 1 aromatic rings. The highest BCUT2D eigenvalue weighted by Crippen LogP contribution is 2.27. The summed E-state index contributed by atoms with van der Waals surface area (Å²) in [5, 5.41) is 3.93. The molecule has 0 aliphatic heterocycles. The topological polar surface area (TPSA) is 80.5 Å². The SMILES string of the molecule is CCOC(=O)c1c(N)nsc1NCCCCN(C)C(C)C. The van der Waals surface area contributed by atoms with Crippen molar-refractivity contribution in [2.45, 2.75) is 39.7 Å². The van der Waals surface area contributed by atoms with Crippen molar-refractivity contribution < 1.29 is 9.53 Å². The molecule has 1 rings (SSSR count). The normalized spacial score (nSPS) is 11.1. The summed E-state index contributed by atoms with van der Waals surface area (Å²) in [5.74, 6) is -0.175. The zero-order valence-electron chi connectivity index (χ0n) is 13.3. The van der Waals surface area contributed by atoms with Crippen LogP contribution in [-0.4, -0.2) is 48.0 Å². The number of ether oxygens (including phenoxy) is 1. The molecule has 3 N–H and O–H groups in total. The van der Waals surface area contributed by atoms with Crippen molar-refractivity contribution in [1.82, 2.24) is 9.27 Å². The summed E-state index contributed by atoms with van der Waals surface area (Å²) in [6.45, 7) is 8.32. The molecule has 0 aromatic carbocycles. The molecule has 0 fully saturated rings. The number of hydrogen-bond acceptors (Lipinski definition) is 7. The van der Waals surface area contributed by atoms with Crippen molar-refractivity contribution in [1.29, 1.82) is 0 Å². The van der Waals surface area contributed by atoms with Crippen LogP contribution < -0.4 is 11.1 Å². The van der Waals surface area contributed by atoms with E-state index in [1.54, 1.807) is 6.92 Å². The lowest BCUT2D eigenvalue weighted by molar-refractivity contribution is 0.0529. The minimum Gasteiger partial charge on any atom is -0.462 e. The Balaban J connectivity index is 2.41. The second-order valence-electron chi connectivity index (χ2n) is 5.20. The molecule has 6 nitrogen and oxygen atoms in total. The third-order valence-electron chi connectivity index (χ3n) is 3.30. The number of nitrogen functional groups attached to an aromatic ring is 1. The Morgan fingerprint density at radius 3 is 2.81 bits per heavy atom. The van der Waals surface area contributed by atoms with Gasteiger partial charge in [-0.3, -0.25) is 0 Å². The third-order valence-corrected chi connectivity index (χ3v) is 4.12. The first-order valence-electron chi connectivity index (χ1n) is 7.33. The van der Waals surface area contributed by atoms with Gasteiger partial charge in [0.1, 0.15) is 10.6 Å². The van der Waals surface area contributed by atoms with Gasteiger partial charge < -0.3 is 20.7 Å². The van der Waals surface area contributed by atoms with Gasteiger partial charge in [0.25, 0.3) is 0 Å². The van der Waals surface area contributed by atoms with Gasteiger partial charge in [0.2, 0.25) is 0 Å². The largest absolute Gasteiger partial charge is 0.462 e. The van der Waals surface area contributed by atoms with Crippen LogP contribution in [0.5, 0.6) is 0 Å². The maximum absolute atomic E-state index is 11.8. The smallest absolute Gasteiger partial charge is 0.344 e. The van der Waals surface area contributed by atoms with Crippen molar-refractivity contribution in [3.63, 3.8) is 0 Å². The predicted molar refractivity (Wildman–Crippen MR) is 88.0 cm³/mol. The fourth-order valence-corrected chi connectivity index (χ4v) is 2.50. The zero-order chi connectivity index (χ0) is 15.8. The summed E-state index contributed by atoms with van der Waals surface area (Å²) < 4.78 is 9.01. The molecule has 7 heteroatoms. The summed E-state index contributed by atoms with van der Waals surface area (Å²) in [7, 11) is 2.13. The number of rotatable bonds is 9. The number of nitrogens with zero attached hydrogens (tertiary/aromatic N) is 2. The van der Waals surface area contributed by atoms with Crippen molar-refractivity contribution in [3.05, 3.63) is 5.56 Å². The van der Waals surface area contributed by atoms with Crippen molar-refractivity contribution >= 4 is 28.3 Å². The lowest BCUT2D eigenvalue weighted by atomic mass is 10.2. The number of hydrogen-bond donors (Lipinski definition) is 2. The van der Waals surface area contributed by atoms with Crippen LogP contribution in [0.15, 0.2) is 0 Å². The van der Waals surface area contributed by atoms with E-state index in [1.807, 2.05) is 0 Å². The van der Waals surface area contributed by atoms with Crippen LogP contribution in [0.2, 0.25) is 0 Å². The lowest BCUT2D eigenvalue weighted by Crippen LogP contribution is -2.27. The predicted octanol–water partition coefficient (Wildman–Crippen LogP) is 2.43. The lowest BCUT2D eigenvalue weighted by Gasteiger charge is -2.20. The highest BCUT2D eigenvalue weighted by atomic mass is 32.1. The van der Waals surface area contributed by atoms with Crippen LogP contribution in [0.1, 0.15) is 44.0 Å². The quantitative estimate of drug-likeness (QED) is 0.538. The molecular formula is C14H26N4O2S. The van der Waals surface area contributed by atoms with Gasteiger partial charge in [-0.2, -0.15) is 4.37 Å². The fraction of sp³-hybridized carbons (Fsp3) is 0.714. The number of anilines is 2. The van der Waals surface area contributed by atoms with E-state index in [0.717, 1.165) is 25.9 Å². The fourth-order valence-electron chi connectivity index (χ4n) is 1.77. The summed E-state index contributed by atoms with van der Waals surface area (Å²) in [6.07, 6.45) is 2.13. The third kappa shape index (κ3) is 5.51. The number of nitrogens with one attached hydrogen (secondary N) is 1. The second-order valence-corrected chi connectivity index (χ2v) is 5.97. The van der Waals surface area contributed by atoms with Crippen LogP contribution in [0.25, 0.3) is 0 Å². The first-order chi connectivity index (χ1) is 9.97. The Hall–Kier alpha value is -1.34. The van der Waals surface area contributed by atoms with E-state index in [0.29, 0.717) is 23.2 Å². The van der Waals surface area contributed by atoms with Gasteiger partial charge in [-0.05, 0) is 58.7 Å². The summed E-state index contributed by atoms with van der Waals surface area (Å²) in [5.41, 5.74) is 6.09. The number of nitrogens with two attached hydrogens (primary N) is 1. The number of esters is 1. The zero-order valence-corrected chi connectivity index (χ0v) is 14.1. The van der Waals surface area contributed by atoms with Crippen LogP contribution >= 0.6 is 11.5 Å². The van der Waals surface area contributed by atoms with Gasteiger partial charge >= 0.3 is 5.97 Å². The van der Waals surface area contributed by atoms with Gasteiger partial charge in [-0.25, -0.2) is 4.79 Å². The summed E-state index contributed by atoms with van der Waals surface area (Å²) in [6, 6.07) is 0.565. The average Bonchev–Trinajstić information content (AvgIpc) is 2.79. The molecule has 120 valence electrons. The minimum atomic E-state index is -0.411. The maximum atomic E-state index is 11.8. The first-order valence-corrected chi connectivity index (χ1v) is 8.11. The van der Waals surface area contributed by atoms with E-state index in [-0.39, 0.29) is 5.82 Å². The highest BCUT2D eigenvalue weighted by Gasteiger charge is 2.20. The molecule has 0 bridgehead atoms. The van der Waals surface area contributed by atoms with Gasteiger partial charge in [0.15, 0.2) is 5.82 Å². The van der Waals surface area contributed by atoms with E-state index in [4.69, 9.17) is 10.5 Å². The highest BCUT2D eigenvalue weighted by molar-refractivity contribution is 7.11. The second kappa shape index (κ2) is 8.84. The van der Waals surface area contributed by atoms with Gasteiger partial charge in [-0.1, -0.05) is 0 Å². The Kier molecular flexibility index (Phi) is 7.45. The van der Waals surface area contributed by atoms with E-state index >= 15 is 0 Å². The molecule has 0 aliphatic rings. The number of carbonyl (C=O) groups excluding carboxylic acids is 1. The standard InChI is InChI=1S/C14H26N4O2S/c1-5-20-14(19)11-12(15)17-21-13(11)16-8-6-7-9-18(4)10(2)3/h10,16H,5-9H2,1-4H3,(H2,15,17). The molecule has 0 aliphatic carbocycles. The van der Waals surface area contributed by atoms with Gasteiger partial charge in [-0.15, -0.1) is 0 Å². The van der Waals surface area contributed by atoms with Crippen molar-refractivity contribution in [3.8, 4) is 0 Å². The molecular weight excluding hydrogens is 288 g/mol. The van der Waals surface area contributed by atoms with Gasteiger partial charge in [0.05, 0.1) is 6.61 Å². The van der Waals surface area contributed by atoms with Crippen LogP contribution in [0, 0.1) is 0 Å². The molecule has 0 saturated carbocycles. The molecule has 0 radical (unpaired) electrons. The molecule has 21 heavy (non-hydrogen) atoms. The Bertz CT molecular complexity index is 448. The molecule has 0 amide bonds. The first kappa shape index (κ1) is 17.7. The van der Waals surface area contributed by atoms with Crippen LogP contribution in [-0.2, 0) is 4.74 Å². The molecule has 1 aromatic heterocycles. The Morgan fingerprint density at radius 1 is 1.48 bits per heavy atom. The average molecular weight is 314 g/mol. The van der Waals surface area contributed by atoms with Gasteiger partial charge in [0, 0.05) is 12.6 Å². The Morgan fingerprint density at radius 2 is 2.19 bits per heavy atom. The minimum absolute atomic E-state index is 0.237. The van der Waals surface area contributed by atoms with Crippen molar-refractivity contribution in [2.75, 3.05) is 37.8 Å². The van der Waals surface area contributed by atoms with E-state index in [9.17, 15) is 4.79 Å². The Labute approximate surface area is 130 Å². The maximum Gasteiger partial charge on any atom is 0.344 e. The van der Waals surface area contributed by atoms with E-state index in [1.165, 1.54) is 11.5 Å². The molecule has 0 atom stereocenters. The summed E-state index contributed by atoms with van der Waals surface area (Å²) >= 11 is 1.20.